The maximum absolute atomic E-state index is 12.5. The number of carbonyl (C=O) groups is 1. The zero-order chi connectivity index (χ0) is 14.8. The van der Waals surface area contributed by atoms with Crippen molar-refractivity contribution in [2.45, 2.75) is 31.7 Å². The van der Waals surface area contributed by atoms with Gasteiger partial charge in [-0.05, 0) is 50.9 Å². The van der Waals surface area contributed by atoms with Gasteiger partial charge in [-0.3, -0.25) is 4.79 Å². The number of amides is 1. The minimum atomic E-state index is -0.0379. The maximum Gasteiger partial charge on any atom is 0.256 e. The monoisotopic (exact) mass is 327 g/mol. The number of halogens is 2. The van der Waals surface area contributed by atoms with Crippen molar-refractivity contribution in [3.8, 4) is 0 Å². The lowest BCUT2D eigenvalue weighted by molar-refractivity contribution is 0.0644. The van der Waals surface area contributed by atoms with Crippen LogP contribution in [0.2, 0.25) is 10.3 Å². The lowest BCUT2D eigenvalue weighted by Crippen LogP contribution is -2.46. The first kappa shape index (κ1) is 15.1. The summed E-state index contributed by atoms with van der Waals surface area (Å²) in [7, 11) is 0. The van der Waals surface area contributed by atoms with Crippen molar-refractivity contribution < 1.29 is 4.79 Å². The molecule has 114 valence electrons. The van der Waals surface area contributed by atoms with E-state index in [0.717, 1.165) is 25.9 Å². The number of piperidine rings is 1. The first-order chi connectivity index (χ1) is 10.1. The molecule has 0 atom stereocenters. The minimum Gasteiger partial charge on any atom is -0.338 e. The highest BCUT2D eigenvalue weighted by atomic mass is 35.5. The molecule has 0 spiro atoms. The largest absolute Gasteiger partial charge is 0.338 e. The van der Waals surface area contributed by atoms with Gasteiger partial charge in [0, 0.05) is 19.1 Å². The van der Waals surface area contributed by atoms with E-state index in [1.54, 1.807) is 12.1 Å². The van der Waals surface area contributed by atoms with Crippen LogP contribution in [0.1, 0.15) is 36.0 Å². The normalized spacial score (nSPS) is 21.0. The van der Waals surface area contributed by atoms with Gasteiger partial charge in [-0.15, -0.1) is 0 Å². The molecule has 2 aliphatic rings. The number of carbonyl (C=O) groups excluding carboxylic acids is 1. The second-order valence-electron chi connectivity index (χ2n) is 5.74. The molecule has 6 heteroatoms. The quantitative estimate of drug-likeness (QED) is 0.783. The average Bonchev–Trinajstić information content (AvgIpc) is 3.01. The number of likely N-dealkylation sites (tertiary alicyclic amines) is 2. The molecule has 2 fully saturated rings. The van der Waals surface area contributed by atoms with E-state index >= 15 is 0 Å². The van der Waals surface area contributed by atoms with Crippen LogP contribution < -0.4 is 0 Å². The fraction of sp³-hybridized carbons (Fsp3) is 0.600. The number of hydrogen-bond acceptors (Lipinski definition) is 3. The fourth-order valence-electron chi connectivity index (χ4n) is 3.28. The van der Waals surface area contributed by atoms with E-state index in [4.69, 9.17) is 23.2 Å². The Morgan fingerprint density at radius 2 is 1.76 bits per heavy atom. The Labute approximate surface area is 135 Å². The Hall–Kier alpha value is -0.840. The van der Waals surface area contributed by atoms with Gasteiger partial charge in [0.15, 0.2) is 0 Å². The van der Waals surface area contributed by atoms with Crippen LogP contribution in [0.4, 0.5) is 0 Å². The van der Waals surface area contributed by atoms with E-state index in [-0.39, 0.29) is 11.1 Å². The molecule has 21 heavy (non-hydrogen) atoms. The van der Waals surface area contributed by atoms with Gasteiger partial charge in [0.05, 0.1) is 5.56 Å². The van der Waals surface area contributed by atoms with E-state index < -0.39 is 0 Å². The average molecular weight is 328 g/mol. The molecule has 2 saturated heterocycles. The zero-order valence-electron chi connectivity index (χ0n) is 11.9. The summed E-state index contributed by atoms with van der Waals surface area (Å²) in [5, 5.41) is 0.499. The van der Waals surface area contributed by atoms with Crippen LogP contribution >= 0.6 is 23.2 Å². The van der Waals surface area contributed by atoms with E-state index in [2.05, 4.69) is 9.88 Å². The molecule has 4 nitrogen and oxygen atoms in total. The summed E-state index contributed by atoms with van der Waals surface area (Å²) in [5.41, 5.74) is 0.445. The van der Waals surface area contributed by atoms with Crippen molar-refractivity contribution in [1.29, 1.82) is 0 Å². The fourth-order valence-corrected chi connectivity index (χ4v) is 3.71. The molecule has 3 heterocycles. The molecular formula is C15H19Cl2N3O. The summed E-state index contributed by atoms with van der Waals surface area (Å²) >= 11 is 11.8. The van der Waals surface area contributed by atoms with E-state index in [9.17, 15) is 4.79 Å². The van der Waals surface area contributed by atoms with Crippen molar-refractivity contribution in [3.63, 3.8) is 0 Å². The van der Waals surface area contributed by atoms with Crippen molar-refractivity contribution in [2.24, 2.45) is 0 Å². The molecule has 0 radical (unpaired) electrons. The van der Waals surface area contributed by atoms with Crippen molar-refractivity contribution in [2.75, 3.05) is 26.2 Å². The number of rotatable bonds is 2. The Balaban J connectivity index is 1.62. The first-order valence-corrected chi connectivity index (χ1v) is 8.26. The van der Waals surface area contributed by atoms with Gasteiger partial charge in [0.1, 0.15) is 10.3 Å². The molecule has 3 rings (SSSR count). The molecule has 0 aromatic carbocycles. The van der Waals surface area contributed by atoms with Crippen molar-refractivity contribution in [1.82, 2.24) is 14.8 Å². The molecule has 2 aliphatic heterocycles. The van der Waals surface area contributed by atoms with Gasteiger partial charge >= 0.3 is 0 Å². The summed E-state index contributed by atoms with van der Waals surface area (Å²) in [5.74, 6) is -0.0379. The van der Waals surface area contributed by atoms with Gasteiger partial charge in [-0.2, -0.15) is 0 Å². The Morgan fingerprint density at radius 1 is 1.10 bits per heavy atom. The van der Waals surface area contributed by atoms with Crippen LogP contribution in [0, 0.1) is 0 Å². The number of hydrogen-bond donors (Lipinski definition) is 0. The third-order valence-electron chi connectivity index (χ3n) is 4.45. The van der Waals surface area contributed by atoms with Crippen molar-refractivity contribution in [3.05, 3.63) is 28.0 Å². The number of aromatic nitrogens is 1. The van der Waals surface area contributed by atoms with Crippen LogP contribution in [0.25, 0.3) is 0 Å². The Kier molecular flexibility index (Phi) is 4.67. The van der Waals surface area contributed by atoms with Crippen LogP contribution in [0.15, 0.2) is 12.1 Å². The predicted molar refractivity (Wildman–Crippen MR) is 84.0 cm³/mol. The lowest BCUT2D eigenvalue weighted by Gasteiger charge is -2.36. The summed E-state index contributed by atoms with van der Waals surface area (Å²) in [4.78, 5) is 20.9. The molecule has 0 N–H and O–H groups in total. The van der Waals surface area contributed by atoms with Crippen LogP contribution in [-0.4, -0.2) is 52.9 Å². The second kappa shape index (κ2) is 6.51. The standard InChI is InChI=1S/C15H19Cl2N3O/c16-13-4-3-12(14(17)18-13)15(21)20-9-5-11(6-10-20)19-7-1-2-8-19/h3-4,11H,1-2,5-10H2. The highest BCUT2D eigenvalue weighted by molar-refractivity contribution is 6.34. The van der Waals surface area contributed by atoms with Crippen LogP contribution in [0.3, 0.4) is 0 Å². The van der Waals surface area contributed by atoms with E-state index in [1.807, 2.05) is 4.90 Å². The first-order valence-electron chi connectivity index (χ1n) is 7.50. The minimum absolute atomic E-state index is 0.0379. The smallest absolute Gasteiger partial charge is 0.256 e. The van der Waals surface area contributed by atoms with Gasteiger partial charge in [0.25, 0.3) is 5.91 Å². The lowest BCUT2D eigenvalue weighted by atomic mass is 10.0. The topological polar surface area (TPSA) is 36.4 Å². The highest BCUT2D eigenvalue weighted by Crippen LogP contribution is 2.24. The number of pyridine rings is 1. The second-order valence-corrected chi connectivity index (χ2v) is 6.48. The van der Waals surface area contributed by atoms with Gasteiger partial charge in [-0.25, -0.2) is 4.98 Å². The summed E-state index contributed by atoms with van der Waals surface area (Å²) in [6, 6.07) is 3.90. The Morgan fingerprint density at radius 3 is 2.38 bits per heavy atom. The third kappa shape index (κ3) is 3.33. The molecule has 0 unspecified atom stereocenters. The Bertz CT molecular complexity index is 524. The van der Waals surface area contributed by atoms with Gasteiger partial charge < -0.3 is 9.80 Å². The molecule has 0 aliphatic carbocycles. The molecule has 0 saturated carbocycles. The predicted octanol–water partition coefficient (Wildman–Crippen LogP) is 3.09. The maximum atomic E-state index is 12.5. The SMILES string of the molecule is O=C(c1ccc(Cl)nc1Cl)N1CCC(N2CCCC2)CC1. The highest BCUT2D eigenvalue weighted by Gasteiger charge is 2.29. The molecule has 1 aromatic heterocycles. The third-order valence-corrected chi connectivity index (χ3v) is 4.95. The van der Waals surface area contributed by atoms with Gasteiger partial charge in [0.2, 0.25) is 0 Å². The molecule has 1 aromatic rings. The molecule has 1 amide bonds. The summed E-state index contributed by atoms with van der Waals surface area (Å²) in [6.45, 7) is 4.01. The van der Waals surface area contributed by atoms with Crippen LogP contribution in [-0.2, 0) is 0 Å². The summed E-state index contributed by atoms with van der Waals surface area (Å²) in [6.07, 6.45) is 4.71. The number of nitrogens with zero attached hydrogens (tertiary/aromatic N) is 3. The van der Waals surface area contributed by atoms with Crippen molar-refractivity contribution >= 4 is 29.1 Å². The molecular weight excluding hydrogens is 309 g/mol. The molecule has 0 bridgehead atoms. The van der Waals surface area contributed by atoms with Gasteiger partial charge in [-0.1, -0.05) is 23.2 Å². The van der Waals surface area contributed by atoms with Crippen LogP contribution in [0.5, 0.6) is 0 Å². The summed E-state index contributed by atoms with van der Waals surface area (Å²) < 4.78 is 0. The van der Waals surface area contributed by atoms with E-state index in [1.165, 1.54) is 25.9 Å². The zero-order valence-corrected chi connectivity index (χ0v) is 13.4. The van der Waals surface area contributed by atoms with E-state index in [0.29, 0.717) is 16.8 Å².